The maximum atomic E-state index is 13.5. The van der Waals surface area contributed by atoms with Gasteiger partial charge in [-0.25, -0.2) is 4.39 Å². The van der Waals surface area contributed by atoms with Crippen molar-refractivity contribution in [1.82, 2.24) is 4.98 Å². The maximum absolute atomic E-state index is 13.5. The summed E-state index contributed by atoms with van der Waals surface area (Å²) in [4.78, 5) is 17.2. The van der Waals surface area contributed by atoms with E-state index in [1.807, 2.05) is 6.07 Å². The Hall–Kier alpha value is -2.52. The minimum Gasteiger partial charge on any atom is -0.293 e. The molecule has 0 fully saturated rings. The minimum atomic E-state index is -0.554. The first-order valence-electron chi connectivity index (χ1n) is 7.14. The molecule has 1 atom stereocenters. The van der Waals surface area contributed by atoms with E-state index in [9.17, 15) is 9.18 Å². The number of halogens is 2. The molecule has 1 heterocycles. The number of benzene rings is 2. The van der Waals surface area contributed by atoms with Gasteiger partial charge in [0.05, 0.1) is 11.4 Å². The van der Waals surface area contributed by atoms with Gasteiger partial charge in [0.15, 0.2) is 5.78 Å². The van der Waals surface area contributed by atoms with Crippen LogP contribution in [0.3, 0.4) is 0 Å². The van der Waals surface area contributed by atoms with Crippen LogP contribution in [0.4, 0.5) is 4.39 Å². The summed E-state index contributed by atoms with van der Waals surface area (Å²) in [5.74, 6) is -1.02. The van der Waals surface area contributed by atoms with Crippen LogP contribution in [0.2, 0.25) is 5.02 Å². The molecular weight excluding hydrogens is 313 g/mol. The fourth-order valence-electron chi connectivity index (χ4n) is 3.19. The van der Waals surface area contributed by atoms with Crippen molar-refractivity contribution < 1.29 is 9.18 Å². The van der Waals surface area contributed by atoms with E-state index in [4.69, 9.17) is 11.6 Å². The highest BCUT2D eigenvalue weighted by Gasteiger charge is 2.36. The van der Waals surface area contributed by atoms with Crippen molar-refractivity contribution >= 4 is 33.9 Å². The smallest absolute Gasteiger partial charge is 0.175 e. The zero-order valence-electron chi connectivity index (χ0n) is 12.0. The van der Waals surface area contributed by atoms with Gasteiger partial charge in [-0.1, -0.05) is 24.2 Å². The number of pyridine rings is 1. The number of nitrogens with zero attached hydrogens (tertiary/aromatic N) is 1. The van der Waals surface area contributed by atoms with Crippen molar-refractivity contribution in [2.45, 2.75) is 5.92 Å². The molecule has 1 aliphatic rings. The van der Waals surface area contributed by atoms with Gasteiger partial charge >= 0.3 is 0 Å². The Morgan fingerprint density at radius 3 is 2.78 bits per heavy atom. The van der Waals surface area contributed by atoms with Crippen molar-refractivity contribution in [2.75, 3.05) is 0 Å². The van der Waals surface area contributed by atoms with Gasteiger partial charge in [0, 0.05) is 22.2 Å². The zero-order chi connectivity index (χ0) is 16.1. The SMILES string of the molecule is C=C1c2cc(F)ccc2C(=O)C1c1ccc(Cl)c2cccnc12. The second-order valence-corrected chi connectivity index (χ2v) is 5.96. The normalized spacial score (nSPS) is 16.9. The number of aromatic nitrogens is 1. The van der Waals surface area contributed by atoms with Gasteiger partial charge in [-0.3, -0.25) is 9.78 Å². The van der Waals surface area contributed by atoms with Gasteiger partial charge < -0.3 is 0 Å². The summed E-state index contributed by atoms with van der Waals surface area (Å²) in [6.45, 7) is 4.03. The lowest BCUT2D eigenvalue weighted by atomic mass is 9.90. The summed E-state index contributed by atoms with van der Waals surface area (Å²) in [6, 6.07) is 11.4. The van der Waals surface area contributed by atoms with Crippen LogP contribution in [0.5, 0.6) is 0 Å². The molecule has 0 saturated heterocycles. The molecule has 0 spiro atoms. The van der Waals surface area contributed by atoms with Crippen molar-refractivity contribution in [3.05, 3.63) is 82.8 Å². The standard InChI is InChI=1S/C19H11ClFNO/c1-10-15-9-11(21)4-5-12(15)19(23)17(10)14-6-7-16(20)13-3-2-8-22-18(13)14/h2-9,17H,1H2. The van der Waals surface area contributed by atoms with E-state index in [1.165, 1.54) is 18.2 Å². The Labute approximate surface area is 137 Å². The molecule has 3 aromatic rings. The third-order valence-electron chi connectivity index (χ3n) is 4.26. The Morgan fingerprint density at radius 1 is 1.13 bits per heavy atom. The van der Waals surface area contributed by atoms with Gasteiger partial charge in [0.25, 0.3) is 0 Å². The first kappa shape index (κ1) is 14.1. The molecule has 1 aliphatic carbocycles. The first-order chi connectivity index (χ1) is 11.1. The monoisotopic (exact) mass is 323 g/mol. The number of fused-ring (bicyclic) bond motifs is 2. The molecule has 2 nitrogen and oxygen atoms in total. The van der Waals surface area contributed by atoms with Gasteiger partial charge in [0.2, 0.25) is 0 Å². The maximum Gasteiger partial charge on any atom is 0.175 e. The number of hydrogen-bond donors (Lipinski definition) is 0. The zero-order valence-corrected chi connectivity index (χ0v) is 12.8. The van der Waals surface area contributed by atoms with Crippen molar-refractivity contribution in [2.24, 2.45) is 0 Å². The second-order valence-electron chi connectivity index (χ2n) is 5.55. The van der Waals surface area contributed by atoms with E-state index in [2.05, 4.69) is 11.6 Å². The Morgan fingerprint density at radius 2 is 1.96 bits per heavy atom. The summed E-state index contributed by atoms with van der Waals surface area (Å²) >= 11 is 6.22. The van der Waals surface area contributed by atoms with Gasteiger partial charge in [-0.15, -0.1) is 0 Å². The molecule has 0 bridgehead atoms. The molecule has 4 heteroatoms. The molecule has 4 rings (SSSR count). The highest BCUT2D eigenvalue weighted by atomic mass is 35.5. The fraction of sp³-hybridized carbons (Fsp3) is 0.0526. The molecule has 23 heavy (non-hydrogen) atoms. The van der Waals surface area contributed by atoms with Crippen LogP contribution in [-0.4, -0.2) is 10.8 Å². The van der Waals surface area contributed by atoms with E-state index < -0.39 is 5.92 Å². The predicted molar refractivity (Wildman–Crippen MR) is 89.3 cm³/mol. The van der Waals surface area contributed by atoms with E-state index in [0.717, 1.165) is 10.9 Å². The Bertz CT molecular complexity index is 996. The third kappa shape index (κ3) is 2.01. The van der Waals surface area contributed by atoms with Crippen molar-refractivity contribution in [3.8, 4) is 0 Å². The summed E-state index contributed by atoms with van der Waals surface area (Å²) in [7, 11) is 0. The molecular formula is C19H11ClFNO. The minimum absolute atomic E-state index is 0.0840. The highest BCUT2D eigenvalue weighted by molar-refractivity contribution is 6.35. The summed E-state index contributed by atoms with van der Waals surface area (Å²) in [6.07, 6.45) is 1.66. The largest absolute Gasteiger partial charge is 0.293 e. The van der Waals surface area contributed by atoms with Gasteiger partial charge in [-0.05, 0) is 53.1 Å². The van der Waals surface area contributed by atoms with Crippen LogP contribution < -0.4 is 0 Å². The highest BCUT2D eigenvalue weighted by Crippen LogP contribution is 2.44. The van der Waals surface area contributed by atoms with E-state index in [-0.39, 0.29) is 11.6 Å². The van der Waals surface area contributed by atoms with Crippen LogP contribution in [0.1, 0.15) is 27.4 Å². The predicted octanol–water partition coefficient (Wildman–Crippen LogP) is 5.02. The number of hydrogen-bond acceptors (Lipinski definition) is 2. The van der Waals surface area contributed by atoms with E-state index in [1.54, 1.807) is 24.4 Å². The lowest BCUT2D eigenvalue weighted by molar-refractivity contribution is 0.0987. The number of carbonyl (C=O) groups is 1. The molecule has 0 aliphatic heterocycles. The number of Topliss-reactive ketones (excluding diaryl/α,β-unsaturated/α-hetero) is 1. The van der Waals surface area contributed by atoms with Gasteiger partial charge in [0.1, 0.15) is 5.82 Å². The van der Waals surface area contributed by atoms with Crippen LogP contribution in [-0.2, 0) is 0 Å². The van der Waals surface area contributed by atoms with E-state index in [0.29, 0.717) is 27.2 Å². The van der Waals surface area contributed by atoms with Crippen LogP contribution in [0, 0.1) is 5.82 Å². The Kier molecular flexibility index (Phi) is 3.06. The summed E-state index contributed by atoms with van der Waals surface area (Å²) in [5.41, 5.74) is 3.09. The lowest BCUT2D eigenvalue weighted by Crippen LogP contribution is -2.07. The number of rotatable bonds is 1. The lowest BCUT2D eigenvalue weighted by Gasteiger charge is -2.14. The molecule has 0 amide bonds. The number of allylic oxidation sites excluding steroid dienone is 1. The van der Waals surface area contributed by atoms with Crippen molar-refractivity contribution in [1.29, 1.82) is 0 Å². The molecule has 0 N–H and O–H groups in total. The summed E-state index contributed by atoms with van der Waals surface area (Å²) < 4.78 is 13.5. The Balaban J connectivity index is 1.95. The number of ketones is 1. The molecule has 2 aromatic carbocycles. The molecule has 1 unspecified atom stereocenters. The quantitative estimate of drug-likeness (QED) is 0.629. The average Bonchev–Trinajstić information content (AvgIpc) is 2.80. The fourth-order valence-corrected chi connectivity index (χ4v) is 3.40. The van der Waals surface area contributed by atoms with Crippen LogP contribution in [0.15, 0.2) is 55.2 Å². The van der Waals surface area contributed by atoms with Crippen molar-refractivity contribution in [3.63, 3.8) is 0 Å². The number of carbonyl (C=O) groups excluding carboxylic acids is 1. The topological polar surface area (TPSA) is 30.0 Å². The average molecular weight is 324 g/mol. The van der Waals surface area contributed by atoms with Crippen LogP contribution in [0.25, 0.3) is 16.5 Å². The molecule has 112 valence electrons. The first-order valence-corrected chi connectivity index (χ1v) is 7.52. The molecule has 0 saturated carbocycles. The molecule has 1 aromatic heterocycles. The second kappa shape index (κ2) is 5.00. The summed E-state index contributed by atoms with van der Waals surface area (Å²) in [5, 5.41) is 1.37. The van der Waals surface area contributed by atoms with Crippen LogP contribution >= 0.6 is 11.6 Å². The molecule has 0 radical (unpaired) electrons. The van der Waals surface area contributed by atoms with E-state index >= 15 is 0 Å². The third-order valence-corrected chi connectivity index (χ3v) is 4.59. The van der Waals surface area contributed by atoms with Gasteiger partial charge in [-0.2, -0.15) is 0 Å².